The average Bonchev–Trinajstić information content (AvgIpc) is 3.18. The molecule has 5 nitrogen and oxygen atoms in total. The predicted octanol–water partition coefficient (Wildman–Crippen LogP) is 5.26. The summed E-state index contributed by atoms with van der Waals surface area (Å²) in [6.07, 6.45) is 4.67. The Morgan fingerprint density at radius 3 is 2.57 bits per heavy atom. The fourth-order valence-corrected chi connectivity index (χ4v) is 4.60. The third-order valence-corrected chi connectivity index (χ3v) is 6.45. The first-order valence-corrected chi connectivity index (χ1v) is 10.7. The van der Waals surface area contributed by atoms with E-state index in [-0.39, 0.29) is 11.8 Å². The molecule has 2 aromatic carbocycles. The highest BCUT2D eigenvalue weighted by atomic mass is 16.4. The highest BCUT2D eigenvalue weighted by molar-refractivity contribution is 5.75. The molecule has 2 aliphatic carbocycles. The molecule has 152 valence electrons. The van der Waals surface area contributed by atoms with Crippen LogP contribution >= 0.6 is 0 Å². The molecule has 0 aliphatic heterocycles. The third-order valence-electron chi connectivity index (χ3n) is 6.45. The summed E-state index contributed by atoms with van der Waals surface area (Å²) >= 11 is 0. The summed E-state index contributed by atoms with van der Waals surface area (Å²) in [6.45, 7) is 2.07. The van der Waals surface area contributed by atoms with Gasteiger partial charge < -0.3 is 10.4 Å². The number of benzene rings is 2. The van der Waals surface area contributed by atoms with Gasteiger partial charge in [0.2, 0.25) is 0 Å². The molecule has 0 spiro atoms. The van der Waals surface area contributed by atoms with Gasteiger partial charge in [-0.05, 0) is 56.6 Å². The topological polar surface area (TPSA) is 75.1 Å². The molecular weight excluding hydrogens is 374 g/mol. The Hall–Kier alpha value is -3.21. The summed E-state index contributed by atoms with van der Waals surface area (Å²) in [5, 5.41) is 13.1. The maximum absolute atomic E-state index is 11.6. The van der Waals surface area contributed by atoms with Gasteiger partial charge in [0.1, 0.15) is 5.82 Å². The molecule has 2 aliphatic rings. The van der Waals surface area contributed by atoms with Gasteiger partial charge in [0.25, 0.3) is 0 Å². The molecule has 3 aromatic rings. The largest absolute Gasteiger partial charge is 0.481 e. The number of hydrogen-bond donors (Lipinski definition) is 2. The first-order chi connectivity index (χ1) is 14.6. The Balaban J connectivity index is 1.53. The van der Waals surface area contributed by atoms with Gasteiger partial charge in [0.05, 0.1) is 5.92 Å². The van der Waals surface area contributed by atoms with Crippen LogP contribution in [0.15, 0.2) is 48.5 Å². The molecule has 1 saturated carbocycles. The number of aromatic nitrogens is 2. The van der Waals surface area contributed by atoms with Crippen molar-refractivity contribution in [3.05, 3.63) is 70.9 Å². The second kappa shape index (κ2) is 7.56. The number of aryl methyl sites for hydroxylation is 2. The minimum Gasteiger partial charge on any atom is -0.481 e. The van der Waals surface area contributed by atoms with Crippen LogP contribution in [0.25, 0.3) is 11.4 Å². The molecule has 2 atom stereocenters. The van der Waals surface area contributed by atoms with E-state index in [0.717, 1.165) is 66.3 Å². The van der Waals surface area contributed by atoms with Crippen molar-refractivity contribution in [3.8, 4) is 11.4 Å². The van der Waals surface area contributed by atoms with Gasteiger partial charge >= 0.3 is 5.97 Å². The number of nitrogens with zero attached hydrogens (tertiary/aromatic N) is 2. The summed E-state index contributed by atoms with van der Waals surface area (Å²) in [7, 11) is 0. The van der Waals surface area contributed by atoms with E-state index in [1.807, 2.05) is 24.3 Å². The fourth-order valence-electron chi connectivity index (χ4n) is 4.60. The van der Waals surface area contributed by atoms with Crippen molar-refractivity contribution in [1.82, 2.24) is 9.97 Å². The number of anilines is 2. The summed E-state index contributed by atoms with van der Waals surface area (Å²) in [4.78, 5) is 21.3. The lowest BCUT2D eigenvalue weighted by molar-refractivity contribution is -0.145. The second-order valence-corrected chi connectivity index (χ2v) is 8.38. The molecule has 1 heterocycles. The lowest BCUT2D eigenvalue weighted by Crippen LogP contribution is -2.31. The summed E-state index contributed by atoms with van der Waals surface area (Å²) < 4.78 is 0. The average molecular weight is 399 g/mol. The van der Waals surface area contributed by atoms with E-state index >= 15 is 0 Å². The van der Waals surface area contributed by atoms with Crippen LogP contribution in [-0.2, 0) is 17.6 Å². The molecule has 0 amide bonds. The molecule has 2 N–H and O–H groups in total. The number of fused-ring (bicyclic) bond motifs is 1. The number of aliphatic carboxylic acids is 1. The zero-order valence-corrected chi connectivity index (χ0v) is 17.1. The molecule has 5 heteroatoms. The van der Waals surface area contributed by atoms with Crippen molar-refractivity contribution in [2.45, 2.75) is 44.9 Å². The van der Waals surface area contributed by atoms with Crippen LogP contribution in [0.3, 0.4) is 0 Å². The Morgan fingerprint density at radius 1 is 1.03 bits per heavy atom. The standard InChI is InChI=1S/C25H25N3O2/c1-15-9-11-16(12-10-15)23-26-22-8-4-6-20(22)24(28-23)27-21-7-3-2-5-18(21)17-13-14-19(17)25(29)30/h2-3,5,7,9-12,17,19H,4,6,8,13-14H2,1H3,(H,29,30)(H,26,27,28). The molecule has 5 rings (SSSR count). The van der Waals surface area contributed by atoms with Crippen LogP contribution in [-0.4, -0.2) is 21.0 Å². The Bertz CT molecular complexity index is 1110. The van der Waals surface area contributed by atoms with Crippen LogP contribution in [0.2, 0.25) is 0 Å². The normalized spacial score (nSPS) is 19.8. The number of nitrogens with one attached hydrogen (secondary N) is 1. The molecule has 2 unspecified atom stereocenters. The number of carbonyl (C=O) groups is 1. The Morgan fingerprint density at radius 2 is 1.83 bits per heavy atom. The highest BCUT2D eigenvalue weighted by Gasteiger charge is 2.38. The van der Waals surface area contributed by atoms with Gasteiger partial charge in [-0.2, -0.15) is 0 Å². The van der Waals surface area contributed by atoms with Crippen LogP contribution in [0.4, 0.5) is 11.5 Å². The van der Waals surface area contributed by atoms with Gasteiger partial charge in [-0.1, -0.05) is 48.0 Å². The van der Waals surface area contributed by atoms with E-state index in [1.165, 1.54) is 11.1 Å². The van der Waals surface area contributed by atoms with Gasteiger partial charge in [-0.15, -0.1) is 0 Å². The van der Waals surface area contributed by atoms with E-state index in [1.54, 1.807) is 0 Å². The Labute approximate surface area is 176 Å². The number of carboxylic acid groups (broad SMARTS) is 1. The lowest BCUT2D eigenvalue weighted by atomic mass is 9.69. The highest BCUT2D eigenvalue weighted by Crippen LogP contribution is 2.46. The Kier molecular flexibility index (Phi) is 4.74. The van der Waals surface area contributed by atoms with Crippen molar-refractivity contribution in [2.75, 3.05) is 5.32 Å². The molecule has 1 aromatic heterocycles. The number of para-hydroxylation sites is 1. The van der Waals surface area contributed by atoms with Crippen molar-refractivity contribution < 1.29 is 9.90 Å². The summed E-state index contributed by atoms with van der Waals surface area (Å²) in [6, 6.07) is 16.3. The van der Waals surface area contributed by atoms with E-state index in [0.29, 0.717) is 0 Å². The molecule has 0 radical (unpaired) electrons. The first-order valence-electron chi connectivity index (χ1n) is 10.7. The molecule has 0 saturated heterocycles. The number of carboxylic acids is 1. The summed E-state index contributed by atoms with van der Waals surface area (Å²) in [5.41, 5.74) is 6.54. The van der Waals surface area contributed by atoms with Gasteiger partial charge in [0.15, 0.2) is 5.82 Å². The van der Waals surface area contributed by atoms with Crippen LogP contribution in [0.1, 0.15) is 47.6 Å². The monoisotopic (exact) mass is 399 g/mol. The van der Waals surface area contributed by atoms with Gasteiger partial charge in [0, 0.05) is 22.5 Å². The maximum atomic E-state index is 11.6. The van der Waals surface area contributed by atoms with Gasteiger partial charge in [-0.25, -0.2) is 9.97 Å². The van der Waals surface area contributed by atoms with E-state index in [9.17, 15) is 9.90 Å². The minimum absolute atomic E-state index is 0.0534. The van der Waals surface area contributed by atoms with Crippen molar-refractivity contribution in [2.24, 2.45) is 5.92 Å². The lowest BCUT2D eigenvalue weighted by Gasteiger charge is -2.35. The number of rotatable bonds is 5. The molecular formula is C25H25N3O2. The van der Waals surface area contributed by atoms with Gasteiger partial charge in [-0.3, -0.25) is 4.79 Å². The minimum atomic E-state index is -0.703. The van der Waals surface area contributed by atoms with Crippen LogP contribution in [0.5, 0.6) is 0 Å². The van der Waals surface area contributed by atoms with Crippen LogP contribution in [0, 0.1) is 12.8 Å². The van der Waals surface area contributed by atoms with Crippen LogP contribution < -0.4 is 5.32 Å². The predicted molar refractivity (Wildman–Crippen MR) is 117 cm³/mol. The molecule has 1 fully saturated rings. The zero-order valence-electron chi connectivity index (χ0n) is 17.1. The molecule has 0 bridgehead atoms. The van der Waals surface area contributed by atoms with E-state index in [2.05, 4.69) is 36.5 Å². The first kappa shape index (κ1) is 18.8. The van der Waals surface area contributed by atoms with E-state index in [4.69, 9.17) is 9.97 Å². The smallest absolute Gasteiger partial charge is 0.307 e. The van der Waals surface area contributed by atoms with Crippen molar-refractivity contribution in [1.29, 1.82) is 0 Å². The quantitative estimate of drug-likeness (QED) is 0.612. The maximum Gasteiger partial charge on any atom is 0.307 e. The SMILES string of the molecule is Cc1ccc(-c2nc3c(c(Nc4ccccc4C4CCC4C(=O)O)n2)CCC3)cc1. The van der Waals surface area contributed by atoms with Crippen molar-refractivity contribution in [3.63, 3.8) is 0 Å². The summed E-state index contributed by atoms with van der Waals surface area (Å²) in [5.74, 6) is 0.643. The zero-order chi connectivity index (χ0) is 20.7. The number of hydrogen-bond acceptors (Lipinski definition) is 4. The van der Waals surface area contributed by atoms with Crippen molar-refractivity contribution >= 4 is 17.5 Å². The molecule has 30 heavy (non-hydrogen) atoms. The second-order valence-electron chi connectivity index (χ2n) is 8.38. The van der Waals surface area contributed by atoms with E-state index < -0.39 is 5.97 Å². The third kappa shape index (κ3) is 3.34. The fraction of sp³-hybridized carbons (Fsp3) is 0.320.